The first kappa shape index (κ1) is 34.2. The first-order valence-electron chi connectivity index (χ1n) is 13.4. The third kappa shape index (κ3) is 6.92. The summed E-state index contributed by atoms with van der Waals surface area (Å²) in [6.45, 7) is -1.80. The number of nitrogens with zero attached hydrogens (tertiary/aromatic N) is 4. The number of hydrogen-bond donors (Lipinski definition) is 9. The molecule has 4 unspecified atom stereocenters. The van der Waals surface area contributed by atoms with Gasteiger partial charge in [-0.3, -0.25) is 18.4 Å². The van der Waals surface area contributed by atoms with Crippen molar-refractivity contribution in [2.75, 3.05) is 31.3 Å². The molecule has 2 aliphatic rings. The predicted molar refractivity (Wildman–Crippen MR) is 151 cm³/mol. The molecule has 0 radical (unpaired) electrons. The van der Waals surface area contributed by atoms with Gasteiger partial charge in [-0.1, -0.05) is 0 Å². The van der Waals surface area contributed by atoms with E-state index in [2.05, 4.69) is 19.6 Å². The highest BCUT2D eigenvalue weighted by Crippen LogP contribution is 2.60. The number of rotatable bonds is 12. The van der Waals surface area contributed by atoms with Crippen molar-refractivity contribution in [1.82, 2.24) is 14.5 Å². The van der Waals surface area contributed by atoms with Crippen LogP contribution in [0.3, 0.4) is 0 Å². The molecule has 0 saturated carbocycles. The summed E-state index contributed by atoms with van der Waals surface area (Å²) in [5.74, 6) is -0.598. The third-order valence-electron chi connectivity index (χ3n) is 7.17. The SMILES string of the molecule is CNc1nc2c(N)ccnc2n1[C@@H]1O[C@H](COP(=O)(O)OP(=O)(O)OC[C@@H]2O[C@H]([n+]3cccc(C(N)=O)c3)[C@H](O)C2O)[C@H](O)C1O. The van der Waals surface area contributed by atoms with Crippen LogP contribution in [0, 0.1) is 0 Å². The molecule has 2 aliphatic heterocycles. The van der Waals surface area contributed by atoms with Crippen molar-refractivity contribution in [2.24, 2.45) is 5.73 Å². The topological polar surface area (TPSA) is 317 Å². The van der Waals surface area contributed by atoms with Crippen molar-refractivity contribution < 1.29 is 71.5 Å². The smallest absolute Gasteiger partial charge is 0.397 e. The predicted octanol–water partition coefficient (Wildman–Crippen LogP) is -2.37. The average Bonchev–Trinajstić information content (AvgIpc) is 3.61. The maximum Gasteiger partial charge on any atom is 0.481 e. The number of carbonyl (C=O) groups excluding carboxylic acids is 1. The summed E-state index contributed by atoms with van der Waals surface area (Å²) in [7, 11) is -9.24. The molecule has 252 valence electrons. The maximum absolute atomic E-state index is 12.5. The van der Waals surface area contributed by atoms with Gasteiger partial charge >= 0.3 is 15.6 Å². The van der Waals surface area contributed by atoms with E-state index >= 15 is 0 Å². The lowest BCUT2D eigenvalue weighted by Gasteiger charge is -2.20. The molecular formula is C23H32N7O14P2+. The quantitative estimate of drug-likeness (QED) is 0.0707. The lowest BCUT2D eigenvalue weighted by Crippen LogP contribution is -2.46. The van der Waals surface area contributed by atoms with Gasteiger partial charge in [0.05, 0.1) is 18.9 Å². The Hall–Kier alpha value is -3.14. The summed E-state index contributed by atoms with van der Waals surface area (Å²) in [4.78, 5) is 40.1. The van der Waals surface area contributed by atoms with Gasteiger partial charge in [-0.05, 0) is 12.1 Å². The number of nitrogen functional groups attached to an aromatic ring is 1. The van der Waals surface area contributed by atoms with E-state index in [1.54, 1.807) is 0 Å². The number of primary amides is 1. The third-order valence-corrected chi connectivity index (χ3v) is 9.78. The van der Waals surface area contributed by atoms with Crippen LogP contribution >= 0.6 is 15.6 Å². The number of anilines is 2. The highest BCUT2D eigenvalue weighted by atomic mass is 31.3. The number of nitrogens with two attached hydrogens (primary N) is 2. The fourth-order valence-electron chi connectivity index (χ4n) is 4.93. The van der Waals surface area contributed by atoms with Gasteiger partial charge in [-0.25, -0.2) is 19.1 Å². The zero-order valence-corrected chi connectivity index (χ0v) is 25.6. The fraction of sp³-hybridized carbons (Fsp3) is 0.478. The minimum absolute atomic E-state index is 0.0696. The number of aromatic nitrogens is 4. The summed E-state index contributed by atoms with van der Waals surface area (Å²) in [6.07, 6.45) is -7.92. The number of fused-ring (bicyclic) bond motifs is 1. The van der Waals surface area contributed by atoms with Gasteiger partial charge in [0.2, 0.25) is 5.95 Å². The molecule has 3 aromatic heterocycles. The highest BCUT2D eigenvalue weighted by molar-refractivity contribution is 7.61. The number of aliphatic hydroxyl groups is 4. The van der Waals surface area contributed by atoms with Gasteiger partial charge in [0.25, 0.3) is 12.1 Å². The molecule has 0 aliphatic carbocycles. The standard InChI is InChI=1S/C23H31N7O14P2/c1-26-23-28-14-11(24)4-5-27-20(14)30(23)22-18(34)16(32)13(43-22)9-41-46(38,39)44-45(36,37)40-8-12-15(31)17(33)21(42-12)29-6-2-3-10(7-29)19(25)35/h2-7,12-13,15-18,21-22,31-34H,8-9H2,1H3,(H6-,24,25,26,27,28,35,36,37,38,39)/p+1/t12-,13+,15?,16-,17+,18?,21-,22+/m0/s1. The molecule has 2 fully saturated rings. The second-order valence-corrected chi connectivity index (χ2v) is 13.3. The van der Waals surface area contributed by atoms with E-state index in [9.17, 15) is 44.1 Å². The Kier molecular flexibility index (Phi) is 9.79. The zero-order valence-electron chi connectivity index (χ0n) is 23.8. The molecule has 0 aromatic carbocycles. The van der Waals surface area contributed by atoms with Crippen LogP contribution in [0.25, 0.3) is 11.2 Å². The van der Waals surface area contributed by atoms with Gasteiger partial charge in [0.1, 0.15) is 41.6 Å². The van der Waals surface area contributed by atoms with Crippen LogP contribution in [0.15, 0.2) is 36.8 Å². The number of pyridine rings is 2. The van der Waals surface area contributed by atoms with Crippen molar-refractivity contribution in [3.05, 3.63) is 42.4 Å². The van der Waals surface area contributed by atoms with Crippen molar-refractivity contribution in [2.45, 2.75) is 49.1 Å². The molecule has 23 heteroatoms. The lowest BCUT2D eigenvalue weighted by molar-refractivity contribution is -0.765. The normalized spacial score (nSPS) is 30.7. The number of amides is 1. The number of aliphatic hydroxyl groups excluding tert-OH is 4. The second-order valence-electron chi connectivity index (χ2n) is 10.2. The van der Waals surface area contributed by atoms with E-state index < -0.39 is 83.8 Å². The molecule has 10 atom stereocenters. The Morgan fingerprint density at radius 2 is 1.67 bits per heavy atom. The Morgan fingerprint density at radius 1 is 1.04 bits per heavy atom. The maximum atomic E-state index is 12.5. The Morgan fingerprint density at radius 3 is 2.30 bits per heavy atom. The van der Waals surface area contributed by atoms with Crippen LogP contribution in [0.4, 0.5) is 11.6 Å². The van der Waals surface area contributed by atoms with Gasteiger partial charge in [-0.2, -0.15) is 8.88 Å². The Balaban J connectivity index is 1.18. The van der Waals surface area contributed by atoms with Crippen LogP contribution < -0.4 is 21.4 Å². The molecule has 0 bridgehead atoms. The fourth-order valence-corrected chi connectivity index (χ4v) is 7.02. The Labute approximate surface area is 259 Å². The first-order chi connectivity index (χ1) is 21.6. The molecule has 21 nitrogen and oxygen atoms in total. The molecule has 0 spiro atoms. The lowest BCUT2D eigenvalue weighted by atomic mass is 10.1. The van der Waals surface area contributed by atoms with Crippen LogP contribution in [-0.2, 0) is 32.0 Å². The molecule has 46 heavy (non-hydrogen) atoms. The van der Waals surface area contributed by atoms with Crippen molar-refractivity contribution >= 4 is 44.4 Å². The number of nitrogens with one attached hydrogen (secondary N) is 1. The number of imidazole rings is 1. The summed E-state index contributed by atoms with van der Waals surface area (Å²) in [5, 5.41) is 44.8. The number of phosphoric ester groups is 2. The minimum Gasteiger partial charge on any atom is -0.397 e. The summed E-state index contributed by atoms with van der Waals surface area (Å²) >= 11 is 0. The highest BCUT2D eigenvalue weighted by Gasteiger charge is 2.50. The number of phosphoric acid groups is 2. The van der Waals surface area contributed by atoms with Crippen LogP contribution in [0.1, 0.15) is 22.8 Å². The van der Waals surface area contributed by atoms with Gasteiger partial charge < -0.3 is 56.5 Å². The molecule has 2 saturated heterocycles. The van der Waals surface area contributed by atoms with Crippen LogP contribution in [0.5, 0.6) is 0 Å². The van der Waals surface area contributed by atoms with E-state index in [-0.39, 0.29) is 28.4 Å². The van der Waals surface area contributed by atoms with E-state index in [4.69, 9.17) is 30.0 Å². The van der Waals surface area contributed by atoms with Crippen molar-refractivity contribution in [3.8, 4) is 0 Å². The summed E-state index contributed by atoms with van der Waals surface area (Å²) < 4.78 is 52.5. The first-order valence-corrected chi connectivity index (χ1v) is 16.4. The molecule has 11 N–H and O–H groups in total. The largest absolute Gasteiger partial charge is 0.481 e. The number of ether oxygens (including phenoxy) is 2. The molecule has 5 rings (SSSR count). The van der Waals surface area contributed by atoms with Gasteiger partial charge in [0, 0.05) is 19.3 Å². The zero-order chi connectivity index (χ0) is 33.6. The Bertz CT molecular complexity index is 1700. The van der Waals surface area contributed by atoms with Crippen LogP contribution in [-0.4, -0.2) is 108 Å². The number of carbonyl (C=O) groups is 1. The van der Waals surface area contributed by atoms with Crippen molar-refractivity contribution in [1.29, 1.82) is 0 Å². The van der Waals surface area contributed by atoms with E-state index in [0.717, 1.165) is 0 Å². The van der Waals surface area contributed by atoms with Gasteiger partial charge in [0.15, 0.2) is 30.4 Å². The molecular weight excluding hydrogens is 660 g/mol. The molecule has 1 amide bonds. The minimum atomic E-state index is -5.39. The molecule has 5 heterocycles. The summed E-state index contributed by atoms with van der Waals surface area (Å²) in [5.41, 5.74) is 12.0. The number of hydrogen-bond acceptors (Lipinski definition) is 16. The second kappa shape index (κ2) is 13.2. The molecule has 3 aromatic rings. The van der Waals surface area contributed by atoms with Crippen LogP contribution in [0.2, 0.25) is 0 Å². The van der Waals surface area contributed by atoms with Gasteiger partial charge in [-0.15, -0.1) is 0 Å². The van der Waals surface area contributed by atoms with Crippen molar-refractivity contribution in [3.63, 3.8) is 0 Å². The summed E-state index contributed by atoms with van der Waals surface area (Å²) in [6, 6.07) is 4.35. The monoisotopic (exact) mass is 692 g/mol. The van der Waals surface area contributed by atoms with E-state index in [0.29, 0.717) is 0 Å². The van der Waals surface area contributed by atoms with E-state index in [1.165, 1.54) is 53.0 Å². The average molecular weight is 692 g/mol. The van der Waals surface area contributed by atoms with E-state index in [1.807, 2.05) is 0 Å².